The summed E-state index contributed by atoms with van der Waals surface area (Å²) >= 11 is 0. The Hall–Kier alpha value is -1.19. The summed E-state index contributed by atoms with van der Waals surface area (Å²) in [7, 11) is 0. The minimum absolute atomic E-state index is 0.122. The molecule has 1 unspecified atom stereocenters. The fraction of sp³-hybridized carbons (Fsp3) is 0.812. The first kappa shape index (κ1) is 13.8. The molecular formula is C16H24N2O2. The molecule has 1 aromatic heterocycles. The van der Waals surface area contributed by atoms with Crippen LogP contribution in [-0.2, 0) is 4.79 Å². The molecule has 1 atom stereocenters. The number of aromatic nitrogens is 2. The molecule has 20 heavy (non-hydrogen) atoms. The molecule has 0 aromatic carbocycles. The van der Waals surface area contributed by atoms with Crippen LogP contribution in [-0.4, -0.2) is 15.9 Å². The first-order valence-electron chi connectivity index (χ1n) is 8.01. The SMILES string of the molecule is CC(C)C1CCC(c2noc(C3CCCC3=O)n2)CC1. The number of ketones is 1. The number of nitrogens with zero attached hydrogens (tertiary/aromatic N) is 2. The number of rotatable bonds is 3. The van der Waals surface area contributed by atoms with Gasteiger partial charge in [0.25, 0.3) is 0 Å². The van der Waals surface area contributed by atoms with E-state index in [1.165, 1.54) is 12.8 Å². The van der Waals surface area contributed by atoms with Gasteiger partial charge >= 0.3 is 0 Å². The molecule has 0 amide bonds. The van der Waals surface area contributed by atoms with Gasteiger partial charge in [-0.2, -0.15) is 4.98 Å². The Kier molecular flexibility index (Phi) is 3.90. The highest BCUT2D eigenvalue weighted by Gasteiger charge is 2.33. The van der Waals surface area contributed by atoms with Gasteiger partial charge in [-0.1, -0.05) is 19.0 Å². The van der Waals surface area contributed by atoms with Crippen molar-refractivity contribution in [3.8, 4) is 0 Å². The Bertz CT molecular complexity index is 473. The van der Waals surface area contributed by atoms with Crippen LogP contribution in [0.25, 0.3) is 0 Å². The van der Waals surface area contributed by atoms with Crippen LogP contribution < -0.4 is 0 Å². The topological polar surface area (TPSA) is 56.0 Å². The van der Waals surface area contributed by atoms with Crippen molar-refractivity contribution >= 4 is 5.78 Å². The van der Waals surface area contributed by atoms with Crippen LogP contribution >= 0.6 is 0 Å². The lowest BCUT2D eigenvalue weighted by molar-refractivity contribution is -0.119. The van der Waals surface area contributed by atoms with E-state index < -0.39 is 0 Å². The second-order valence-electron chi connectivity index (χ2n) is 6.76. The molecule has 0 bridgehead atoms. The maximum Gasteiger partial charge on any atom is 0.237 e. The standard InChI is InChI=1S/C16H24N2O2/c1-10(2)11-6-8-12(9-7-11)15-17-16(20-18-15)13-4-3-5-14(13)19/h10-13H,3-9H2,1-2H3. The van der Waals surface area contributed by atoms with Crippen molar-refractivity contribution in [2.24, 2.45) is 11.8 Å². The normalized spacial score (nSPS) is 31.1. The maximum absolute atomic E-state index is 11.8. The van der Waals surface area contributed by atoms with Gasteiger partial charge in [-0.3, -0.25) is 4.79 Å². The lowest BCUT2D eigenvalue weighted by atomic mass is 9.77. The zero-order valence-electron chi connectivity index (χ0n) is 12.5. The predicted molar refractivity (Wildman–Crippen MR) is 75.4 cm³/mol. The minimum Gasteiger partial charge on any atom is -0.339 e. The molecule has 1 aromatic rings. The van der Waals surface area contributed by atoms with E-state index in [2.05, 4.69) is 24.0 Å². The fourth-order valence-corrected chi connectivity index (χ4v) is 3.68. The maximum atomic E-state index is 11.8. The largest absolute Gasteiger partial charge is 0.339 e. The first-order valence-corrected chi connectivity index (χ1v) is 8.01. The molecule has 0 aliphatic heterocycles. The van der Waals surface area contributed by atoms with Gasteiger partial charge in [0.2, 0.25) is 5.89 Å². The summed E-state index contributed by atoms with van der Waals surface area (Å²) in [4.78, 5) is 16.3. The van der Waals surface area contributed by atoms with Crippen LogP contribution in [0, 0.1) is 11.8 Å². The fourth-order valence-electron chi connectivity index (χ4n) is 3.68. The quantitative estimate of drug-likeness (QED) is 0.841. The van der Waals surface area contributed by atoms with Gasteiger partial charge in [-0.25, -0.2) is 0 Å². The van der Waals surface area contributed by atoms with Gasteiger partial charge in [0.1, 0.15) is 5.78 Å². The highest BCUT2D eigenvalue weighted by atomic mass is 16.5. The van der Waals surface area contributed by atoms with E-state index in [4.69, 9.17) is 4.52 Å². The molecule has 4 heteroatoms. The van der Waals surface area contributed by atoms with Gasteiger partial charge < -0.3 is 4.52 Å². The molecule has 4 nitrogen and oxygen atoms in total. The summed E-state index contributed by atoms with van der Waals surface area (Å²) in [6, 6.07) is 0. The summed E-state index contributed by atoms with van der Waals surface area (Å²) < 4.78 is 5.36. The zero-order chi connectivity index (χ0) is 14.1. The van der Waals surface area contributed by atoms with Crippen molar-refractivity contribution in [1.82, 2.24) is 10.1 Å². The van der Waals surface area contributed by atoms with Crippen LogP contribution in [0.3, 0.4) is 0 Å². The van der Waals surface area contributed by atoms with E-state index in [9.17, 15) is 4.79 Å². The Labute approximate surface area is 120 Å². The average molecular weight is 276 g/mol. The van der Waals surface area contributed by atoms with Crippen LogP contribution in [0.1, 0.15) is 82.3 Å². The van der Waals surface area contributed by atoms with E-state index >= 15 is 0 Å². The molecule has 2 aliphatic carbocycles. The molecule has 1 heterocycles. The number of hydrogen-bond acceptors (Lipinski definition) is 4. The number of carbonyl (C=O) groups is 1. The summed E-state index contributed by atoms with van der Waals surface area (Å²) in [5.74, 6) is 3.59. The van der Waals surface area contributed by atoms with Crippen molar-refractivity contribution in [3.05, 3.63) is 11.7 Å². The molecule has 2 saturated carbocycles. The van der Waals surface area contributed by atoms with Crippen molar-refractivity contribution in [2.75, 3.05) is 0 Å². The van der Waals surface area contributed by atoms with Crippen molar-refractivity contribution in [2.45, 2.75) is 70.6 Å². The third-order valence-electron chi connectivity index (χ3n) is 5.14. The lowest BCUT2D eigenvalue weighted by Gasteiger charge is -2.29. The first-order chi connectivity index (χ1) is 9.65. The third kappa shape index (κ3) is 2.65. The molecule has 110 valence electrons. The van der Waals surface area contributed by atoms with Gasteiger partial charge in [-0.15, -0.1) is 0 Å². The molecule has 0 saturated heterocycles. The Morgan fingerprint density at radius 2 is 1.90 bits per heavy atom. The second-order valence-corrected chi connectivity index (χ2v) is 6.76. The van der Waals surface area contributed by atoms with Crippen LogP contribution in [0.4, 0.5) is 0 Å². The predicted octanol–water partition coefficient (Wildman–Crippen LogP) is 3.84. The average Bonchev–Trinajstić information content (AvgIpc) is 3.07. The van der Waals surface area contributed by atoms with E-state index in [0.29, 0.717) is 18.2 Å². The highest BCUT2D eigenvalue weighted by molar-refractivity contribution is 5.86. The minimum atomic E-state index is -0.122. The molecular weight excluding hydrogens is 252 g/mol. The Balaban J connectivity index is 1.64. The summed E-state index contributed by atoms with van der Waals surface area (Å²) in [6.45, 7) is 4.62. The second kappa shape index (κ2) is 5.66. The summed E-state index contributed by atoms with van der Waals surface area (Å²) in [5, 5.41) is 4.15. The van der Waals surface area contributed by atoms with E-state index in [-0.39, 0.29) is 11.7 Å². The van der Waals surface area contributed by atoms with Gasteiger partial charge in [0.15, 0.2) is 5.82 Å². The molecule has 0 spiro atoms. The highest BCUT2D eigenvalue weighted by Crippen LogP contribution is 2.38. The van der Waals surface area contributed by atoms with E-state index in [0.717, 1.165) is 43.3 Å². The van der Waals surface area contributed by atoms with Crippen molar-refractivity contribution in [3.63, 3.8) is 0 Å². The van der Waals surface area contributed by atoms with Crippen molar-refractivity contribution < 1.29 is 9.32 Å². The van der Waals surface area contributed by atoms with E-state index in [1.807, 2.05) is 0 Å². The van der Waals surface area contributed by atoms with Gasteiger partial charge in [-0.05, 0) is 50.4 Å². The molecule has 2 fully saturated rings. The number of hydrogen-bond donors (Lipinski definition) is 0. The van der Waals surface area contributed by atoms with Crippen LogP contribution in [0.2, 0.25) is 0 Å². The zero-order valence-corrected chi connectivity index (χ0v) is 12.5. The monoisotopic (exact) mass is 276 g/mol. The lowest BCUT2D eigenvalue weighted by Crippen LogP contribution is -2.18. The van der Waals surface area contributed by atoms with E-state index in [1.54, 1.807) is 0 Å². The van der Waals surface area contributed by atoms with Gasteiger partial charge in [0, 0.05) is 12.3 Å². The Morgan fingerprint density at radius 3 is 2.50 bits per heavy atom. The van der Waals surface area contributed by atoms with Gasteiger partial charge in [0.05, 0.1) is 5.92 Å². The molecule has 3 rings (SSSR count). The van der Waals surface area contributed by atoms with Crippen LogP contribution in [0.5, 0.6) is 0 Å². The molecule has 0 N–H and O–H groups in total. The smallest absolute Gasteiger partial charge is 0.237 e. The van der Waals surface area contributed by atoms with Crippen molar-refractivity contribution in [1.29, 1.82) is 0 Å². The number of Topliss-reactive ketones (excluding diaryl/α,β-unsaturated/α-hetero) is 1. The summed E-state index contributed by atoms with van der Waals surface area (Å²) in [6.07, 6.45) is 7.33. The molecule has 2 aliphatic rings. The Morgan fingerprint density at radius 1 is 1.15 bits per heavy atom. The third-order valence-corrected chi connectivity index (χ3v) is 5.14. The molecule has 0 radical (unpaired) electrons. The van der Waals surface area contributed by atoms with Crippen LogP contribution in [0.15, 0.2) is 4.52 Å². The summed E-state index contributed by atoms with van der Waals surface area (Å²) in [5.41, 5.74) is 0. The number of carbonyl (C=O) groups excluding carboxylic acids is 1.